The Labute approximate surface area is 128 Å². The molecule has 2 aromatic rings. The summed E-state index contributed by atoms with van der Waals surface area (Å²) < 4.78 is 2.01. The molecule has 0 bridgehead atoms. The number of hydrogen-bond acceptors (Lipinski definition) is 4. The fourth-order valence-electron chi connectivity index (χ4n) is 2.02. The first-order valence-electron chi connectivity index (χ1n) is 6.91. The monoisotopic (exact) mass is 301 g/mol. The Morgan fingerprint density at radius 2 is 1.91 bits per heavy atom. The molecule has 0 unspecified atom stereocenters. The summed E-state index contributed by atoms with van der Waals surface area (Å²) in [6.45, 7) is 4.41. The molecular weight excluding hydrogens is 282 g/mol. The van der Waals surface area contributed by atoms with E-state index in [0.717, 1.165) is 22.8 Å². The molecule has 3 amide bonds. The average molecular weight is 301 g/mol. The number of aryl methyl sites for hydroxylation is 1. The Bertz CT molecular complexity index is 676. The summed E-state index contributed by atoms with van der Waals surface area (Å²) >= 11 is 0. The zero-order chi connectivity index (χ0) is 16.1. The van der Waals surface area contributed by atoms with Crippen LogP contribution < -0.4 is 16.4 Å². The van der Waals surface area contributed by atoms with Crippen LogP contribution in [0.4, 0.5) is 10.5 Å². The second-order valence-electron chi connectivity index (χ2n) is 4.92. The first kappa shape index (κ1) is 15.6. The van der Waals surface area contributed by atoms with E-state index in [-0.39, 0.29) is 6.42 Å². The molecule has 0 saturated carbocycles. The topological polar surface area (TPSA) is 102 Å². The molecule has 2 rings (SSSR count). The average Bonchev–Trinajstić information content (AvgIpc) is 2.79. The number of carbonyl (C=O) groups excluding carboxylic acids is 2. The predicted octanol–water partition coefficient (Wildman–Crippen LogP) is 1.49. The molecule has 22 heavy (non-hydrogen) atoms. The van der Waals surface area contributed by atoms with Crippen molar-refractivity contribution in [2.24, 2.45) is 5.73 Å². The second-order valence-corrected chi connectivity index (χ2v) is 4.92. The molecule has 0 aliphatic heterocycles. The third-order valence-corrected chi connectivity index (χ3v) is 3.34. The van der Waals surface area contributed by atoms with Crippen LogP contribution in [0.3, 0.4) is 0 Å². The molecule has 0 saturated heterocycles. The number of imidazole rings is 1. The van der Waals surface area contributed by atoms with Gasteiger partial charge in [0, 0.05) is 30.0 Å². The van der Waals surface area contributed by atoms with E-state index in [1.54, 1.807) is 6.33 Å². The highest BCUT2D eigenvalue weighted by Crippen LogP contribution is 2.16. The minimum absolute atomic E-state index is 0.171. The van der Waals surface area contributed by atoms with Gasteiger partial charge in [-0.25, -0.2) is 9.78 Å². The van der Waals surface area contributed by atoms with Crippen LogP contribution in [0.2, 0.25) is 0 Å². The van der Waals surface area contributed by atoms with Gasteiger partial charge in [-0.3, -0.25) is 10.1 Å². The van der Waals surface area contributed by atoms with Crippen molar-refractivity contribution in [3.8, 4) is 5.69 Å². The zero-order valence-corrected chi connectivity index (χ0v) is 12.6. The zero-order valence-electron chi connectivity index (χ0n) is 12.6. The van der Waals surface area contributed by atoms with Crippen LogP contribution >= 0.6 is 0 Å². The normalized spacial score (nSPS) is 10.3. The molecule has 0 radical (unpaired) electrons. The number of amides is 3. The number of urea groups is 1. The Balaban J connectivity index is 1.91. The van der Waals surface area contributed by atoms with Gasteiger partial charge in [-0.15, -0.1) is 0 Å². The highest BCUT2D eigenvalue weighted by atomic mass is 16.2. The summed E-state index contributed by atoms with van der Waals surface area (Å²) in [5.74, 6) is -0.402. The Morgan fingerprint density at radius 3 is 2.45 bits per heavy atom. The van der Waals surface area contributed by atoms with E-state index in [1.807, 2.05) is 48.0 Å². The third-order valence-electron chi connectivity index (χ3n) is 3.34. The van der Waals surface area contributed by atoms with E-state index in [1.165, 1.54) is 0 Å². The maximum absolute atomic E-state index is 11.3. The lowest BCUT2D eigenvalue weighted by Crippen LogP contribution is -2.35. The van der Waals surface area contributed by atoms with E-state index < -0.39 is 11.9 Å². The maximum Gasteiger partial charge on any atom is 0.318 e. The first-order chi connectivity index (χ1) is 10.5. The number of anilines is 1. The number of imide groups is 1. The van der Waals surface area contributed by atoms with Gasteiger partial charge in [0.05, 0.1) is 12.0 Å². The van der Waals surface area contributed by atoms with Crippen molar-refractivity contribution in [3.63, 3.8) is 0 Å². The van der Waals surface area contributed by atoms with Gasteiger partial charge in [0.2, 0.25) is 5.91 Å². The van der Waals surface area contributed by atoms with Crippen LogP contribution in [-0.2, 0) is 4.79 Å². The maximum atomic E-state index is 11.3. The third kappa shape index (κ3) is 3.85. The smallest absolute Gasteiger partial charge is 0.318 e. The summed E-state index contributed by atoms with van der Waals surface area (Å²) in [7, 11) is 0. The molecule has 1 heterocycles. The van der Waals surface area contributed by atoms with E-state index in [9.17, 15) is 9.59 Å². The molecule has 1 aromatic carbocycles. The molecular formula is C15H19N5O2. The number of nitrogens with zero attached hydrogens (tertiary/aromatic N) is 2. The lowest BCUT2D eigenvalue weighted by atomic mass is 10.2. The fraction of sp³-hybridized carbons (Fsp3) is 0.267. The SMILES string of the molecule is Cc1ncn(-c2ccc(NCCC(=O)NC(N)=O)cc2)c1C. The van der Waals surface area contributed by atoms with Crippen LogP contribution in [-0.4, -0.2) is 28.0 Å². The van der Waals surface area contributed by atoms with E-state index in [4.69, 9.17) is 5.73 Å². The molecule has 4 N–H and O–H groups in total. The molecule has 7 nitrogen and oxygen atoms in total. The van der Waals surface area contributed by atoms with E-state index in [0.29, 0.717) is 6.54 Å². The van der Waals surface area contributed by atoms with Crippen molar-refractivity contribution in [2.45, 2.75) is 20.3 Å². The molecule has 0 fully saturated rings. The highest BCUT2D eigenvalue weighted by molar-refractivity contribution is 5.93. The van der Waals surface area contributed by atoms with Crippen LogP contribution in [0, 0.1) is 13.8 Å². The highest BCUT2D eigenvalue weighted by Gasteiger charge is 2.05. The van der Waals surface area contributed by atoms with Crippen molar-refractivity contribution in [2.75, 3.05) is 11.9 Å². The minimum Gasteiger partial charge on any atom is -0.385 e. The van der Waals surface area contributed by atoms with Crippen molar-refractivity contribution >= 4 is 17.6 Å². The summed E-state index contributed by atoms with van der Waals surface area (Å²) in [4.78, 5) is 26.0. The van der Waals surface area contributed by atoms with Gasteiger partial charge >= 0.3 is 6.03 Å². The van der Waals surface area contributed by atoms with E-state index >= 15 is 0 Å². The van der Waals surface area contributed by atoms with Gasteiger partial charge in [-0.05, 0) is 38.1 Å². The van der Waals surface area contributed by atoms with Crippen molar-refractivity contribution in [1.82, 2.24) is 14.9 Å². The molecule has 0 spiro atoms. The predicted molar refractivity (Wildman–Crippen MR) is 83.9 cm³/mol. The number of nitrogens with one attached hydrogen (secondary N) is 2. The largest absolute Gasteiger partial charge is 0.385 e. The fourth-order valence-corrected chi connectivity index (χ4v) is 2.02. The lowest BCUT2D eigenvalue weighted by Gasteiger charge is -2.09. The van der Waals surface area contributed by atoms with Gasteiger partial charge in [-0.1, -0.05) is 0 Å². The molecule has 116 valence electrons. The number of rotatable bonds is 5. The van der Waals surface area contributed by atoms with Crippen LogP contribution in [0.5, 0.6) is 0 Å². The number of benzene rings is 1. The quantitative estimate of drug-likeness (QED) is 0.778. The first-order valence-corrected chi connectivity index (χ1v) is 6.91. The number of nitrogens with two attached hydrogens (primary N) is 1. The summed E-state index contributed by atoms with van der Waals surface area (Å²) in [5, 5.41) is 5.13. The Morgan fingerprint density at radius 1 is 1.23 bits per heavy atom. The number of aromatic nitrogens is 2. The standard InChI is InChI=1S/C15H19N5O2/c1-10-11(2)20(9-18-10)13-5-3-12(4-6-13)17-8-7-14(21)19-15(16)22/h3-6,9,17H,7-8H2,1-2H3,(H3,16,19,21,22). The summed E-state index contributed by atoms with van der Waals surface area (Å²) in [5.41, 5.74) is 8.88. The summed E-state index contributed by atoms with van der Waals surface area (Å²) in [6.07, 6.45) is 1.96. The van der Waals surface area contributed by atoms with Crippen molar-refractivity contribution in [1.29, 1.82) is 0 Å². The number of carbonyl (C=O) groups is 2. The van der Waals surface area contributed by atoms with Gasteiger partial charge in [0.15, 0.2) is 0 Å². The Hall–Kier alpha value is -2.83. The molecule has 0 atom stereocenters. The van der Waals surface area contributed by atoms with Crippen LogP contribution in [0.1, 0.15) is 17.8 Å². The van der Waals surface area contributed by atoms with Gasteiger partial charge in [0.1, 0.15) is 0 Å². The summed E-state index contributed by atoms with van der Waals surface area (Å²) in [6, 6.07) is 6.96. The van der Waals surface area contributed by atoms with Gasteiger partial charge in [0.25, 0.3) is 0 Å². The van der Waals surface area contributed by atoms with Gasteiger partial charge in [-0.2, -0.15) is 0 Å². The van der Waals surface area contributed by atoms with Crippen molar-refractivity contribution < 1.29 is 9.59 Å². The van der Waals surface area contributed by atoms with Crippen molar-refractivity contribution in [3.05, 3.63) is 42.0 Å². The number of primary amides is 1. The van der Waals surface area contributed by atoms with Crippen LogP contribution in [0.25, 0.3) is 5.69 Å². The second kappa shape index (κ2) is 6.75. The molecule has 0 aliphatic rings. The molecule has 0 aliphatic carbocycles. The molecule has 1 aromatic heterocycles. The van der Waals surface area contributed by atoms with Crippen LogP contribution in [0.15, 0.2) is 30.6 Å². The minimum atomic E-state index is -0.833. The van der Waals surface area contributed by atoms with E-state index in [2.05, 4.69) is 10.3 Å². The lowest BCUT2D eigenvalue weighted by molar-refractivity contribution is -0.119. The number of hydrogen-bond donors (Lipinski definition) is 3. The van der Waals surface area contributed by atoms with Gasteiger partial charge < -0.3 is 15.6 Å². The molecule has 7 heteroatoms. The Kier molecular flexibility index (Phi) is 4.77.